The van der Waals surface area contributed by atoms with Gasteiger partial charge in [-0.1, -0.05) is 12.1 Å². The van der Waals surface area contributed by atoms with Gasteiger partial charge >= 0.3 is 5.97 Å². The van der Waals surface area contributed by atoms with Crippen LogP contribution in [0, 0.1) is 0 Å². The summed E-state index contributed by atoms with van der Waals surface area (Å²) in [6.45, 7) is -0.0181. The normalized spacial score (nSPS) is 13.2. The number of hydrogen-bond acceptors (Lipinski definition) is 5. The van der Waals surface area contributed by atoms with Gasteiger partial charge in [-0.15, -0.1) is 0 Å². The third kappa shape index (κ3) is 2.46. The maximum Gasteiger partial charge on any atom is 0.338 e. The van der Waals surface area contributed by atoms with Crippen LogP contribution in [-0.4, -0.2) is 40.8 Å². The Hall–Kier alpha value is -3.02. The maximum atomic E-state index is 12.1. The number of hydrogen-bond donors (Lipinski definition) is 0. The summed E-state index contributed by atoms with van der Waals surface area (Å²) in [5.74, 6) is -1.24. The van der Waals surface area contributed by atoms with Crippen LogP contribution in [0.25, 0.3) is 0 Å². The highest BCUT2D eigenvalue weighted by Crippen LogP contribution is 2.21. The van der Waals surface area contributed by atoms with E-state index in [1.807, 2.05) is 0 Å². The highest BCUT2D eigenvalue weighted by atomic mass is 16.5. The summed E-state index contributed by atoms with van der Waals surface area (Å²) in [5.41, 5.74) is 1.14. The second kappa shape index (κ2) is 5.77. The Morgan fingerprint density at radius 2 is 1.59 bits per heavy atom. The summed E-state index contributed by atoms with van der Waals surface area (Å²) in [5, 5.41) is 0. The van der Waals surface area contributed by atoms with Crippen molar-refractivity contribution in [3.05, 3.63) is 65.5 Å². The van der Waals surface area contributed by atoms with E-state index in [0.29, 0.717) is 16.7 Å². The van der Waals surface area contributed by atoms with Gasteiger partial charge in [-0.3, -0.25) is 19.5 Å². The Morgan fingerprint density at radius 1 is 1.00 bits per heavy atom. The summed E-state index contributed by atoms with van der Waals surface area (Å²) < 4.78 is 5.07. The van der Waals surface area contributed by atoms with Gasteiger partial charge in [-0.05, 0) is 24.3 Å². The van der Waals surface area contributed by atoms with E-state index in [1.165, 1.54) is 24.5 Å². The molecule has 3 rings (SSSR count). The quantitative estimate of drug-likeness (QED) is 0.631. The first kappa shape index (κ1) is 13.9. The lowest BCUT2D eigenvalue weighted by Crippen LogP contribution is -2.33. The molecule has 6 heteroatoms. The average molecular weight is 296 g/mol. The van der Waals surface area contributed by atoms with Gasteiger partial charge in [-0.25, -0.2) is 4.79 Å². The number of nitrogens with zero attached hydrogens (tertiary/aromatic N) is 2. The lowest BCUT2D eigenvalue weighted by atomic mass is 10.1. The van der Waals surface area contributed by atoms with Crippen LogP contribution in [0.2, 0.25) is 0 Å². The molecular formula is C16H12N2O4. The molecule has 0 spiro atoms. The van der Waals surface area contributed by atoms with Crippen molar-refractivity contribution in [2.75, 3.05) is 13.2 Å². The molecular weight excluding hydrogens is 284 g/mol. The second-order valence-electron chi connectivity index (χ2n) is 4.68. The standard InChI is InChI=1S/C16H12N2O4/c19-14-12-3-1-2-4-13(12)15(20)18(14)9-10-22-16(21)11-5-7-17-8-6-11/h1-8H,9-10H2. The fraction of sp³-hybridized carbons (Fsp3) is 0.125. The molecule has 0 radical (unpaired) electrons. The molecule has 1 aromatic heterocycles. The Morgan fingerprint density at radius 3 is 2.18 bits per heavy atom. The molecule has 110 valence electrons. The van der Waals surface area contributed by atoms with Crippen LogP contribution in [0.1, 0.15) is 31.1 Å². The fourth-order valence-electron chi connectivity index (χ4n) is 2.24. The minimum Gasteiger partial charge on any atom is -0.460 e. The van der Waals surface area contributed by atoms with E-state index >= 15 is 0 Å². The van der Waals surface area contributed by atoms with Crippen molar-refractivity contribution in [1.29, 1.82) is 0 Å². The van der Waals surface area contributed by atoms with Gasteiger partial charge in [-0.2, -0.15) is 0 Å². The number of carbonyl (C=O) groups is 3. The number of carbonyl (C=O) groups excluding carboxylic acids is 3. The third-order valence-electron chi connectivity index (χ3n) is 3.34. The molecule has 0 aliphatic carbocycles. The minimum absolute atomic E-state index is 0.0309. The van der Waals surface area contributed by atoms with E-state index in [-0.39, 0.29) is 25.0 Å². The first-order valence-electron chi connectivity index (χ1n) is 6.71. The smallest absolute Gasteiger partial charge is 0.338 e. The fourth-order valence-corrected chi connectivity index (χ4v) is 2.24. The lowest BCUT2D eigenvalue weighted by molar-refractivity contribution is 0.0420. The van der Waals surface area contributed by atoms with E-state index < -0.39 is 5.97 Å². The van der Waals surface area contributed by atoms with Crippen LogP contribution in [0.3, 0.4) is 0 Å². The summed E-state index contributed by atoms with van der Waals surface area (Å²) in [4.78, 5) is 40.9. The van der Waals surface area contributed by atoms with Crippen LogP contribution in [0.4, 0.5) is 0 Å². The highest BCUT2D eigenvalue weighted by Gasteiger charge is 2.34. The third-order valence-corrected chi connectivity index (χ3v) is 3.34. The Balaban J connectivity index is 1.61. The van der Waals surface area contributed by atoms with Gasteiger partial charge in [0.15, 0.2) is 0 Å². The first-order chi connectivity index (χ1) is 10.7. The number of ether oxygens (including phenoxy) is 1. The van der Waals surface area contributed by atoms with Gasteiger partial charge in [0.05, 0.1) is 23.2 Å². The number of fused-ring (bicyclic) bond motifs is 1. The summed E-state index contributed by atoms with van der Waals surface area (Å²) >= 11 is 0. The lowest BCUT2D eigenvalue weighted by Gasteiger charge is -2.13. The molecule has 0 N–H and O–H groups in total. The van der Waals surface area contributed by atoms with E-state index in [0.717, 1.165) is 4.90 Å². The zero-order valence-electron chi connectivity index (χ0n) is 11.6. The van der Waals surface area contributed by atoms with Gasteiger partial charge in [0, 0.05) is 12.4 Å². The summed E-state index contributed by atoms with van der Waals surface area (Å²) in [6.07, 6.45) is 2.97. The number of rotatable bonds is 4. The number of aromatic nitrogens is 1. The van der Waals surface area contributed by atoms with E-state index in [9.17, 15) is 14.4 Å². The molecule has 22 heavy (non-hydrogen) atoms. The average Bonchev–Trinajstić information content (AvgIpc) is 2.81. The molecule has 2 amide bonds. The molecule has 2 heterocycles. The number of imide groups is 1. The van der Waals surface area contributed by atoms with Crippen molar-refractivity contribution in [3.63, 3.8) is 0 Å². The van der Waals surface area contributed by atoms with Gasteiger partial charge in [0.2, 0.25) is 0 Å². The predicted octanol–water partition coefficient (Wildman–Crippen LogP) is 1.53. The van der Waals surface area contributed by atoms with Gasteiger partial charge < -0.3 is 4.74 Å². The van der Waals surface area contributed by atoms with E-state index in [1.54, 1.807) is 24.3 Å². The van der Waals surface area contributed by atoms with Gasteiger partial charge in [0.1, 0.15) is 6.61 Å². The topological polar surface area (TPSA) is 76.6 Å². The van der Waals surface area contributed by atoms with Crippen molar-refractivity contribution in [2.45, 2.75) is 0 Å². The van der Waals surface area contributed by atoms with Crippen LogP contribution in [0.5, 0.6) is 0 Å². The molecule has 0 atom stereocenters. The van der Waals surface area contributed by atoms with Crippen molar-refractivity contribution < 1.29 is 19.1 Å². The number of esters is 1. The van der Waals surface area contributed by atoms with Crippen molar-refractivity contribution >= 4 is 17.8 Å². The van der Waals surface area contributed by atoms with Crippen LogP contribution >= 0.6 is 0 Å². The Bertz CT molecular complexity index is 708. The van der Waals surface area contributed by atoms with Crippen molar-refractivity contribution in [3.8, 4) is 0 Å². The molecule has 0 unspecified atom stereocenters. The summed E-state index contributed by atoms with van der Waals surface area (Å²) in [7, 11) is 0. The zero-order valence-corrected chi connectivity index (χ0v) is 11.6. The van der Waals surface area contributed by atoms with Crippen LogP contribution in [0.15, 0.2) is 48.8 Å². The number of pyridine rings is 1. The van der Waals surface area contributed by atoms with Gasteiger partial charge in [0.25, 0.3) is 11.8 Å². The van der Waals surface area contributed by atoms with Crippen LogP contribution < -0.4 is 0 Å². The second-order valence-corrected chi connectivity index (χ2v) is 4.68. The molecule has 1 aliphatic rings. The van der Waals surface area contributed by atoms with Crippen molar-refractivity contribution in [2.24, 2.45) is 0 Å². The Kier molecular flexibility index (Phi) is 3.65. The number of amides is 2. The molecule has 6 nitrogen and oxygen atoms in total. The molecule has 0 saturated heterocycles. The largest absolute Gasteiger partial charge is 0.460 e. The molecule has 2 aromatic rings. The van der Waals surface area contributed by atoms with Crippen molar-refractivity contribution in [1.82, 2.24) is 9.88 Å². The highest BCUT2D eigenvalue weighted by molar-refractivity contribution is 6.21. The molecule has 1 aromatic carbocycles. The first-order valence-corrected chi connectivity index (χ1v) is 6.71. The van der Waals surface area contributed by atoms with E-state index in [4.69, 9.17) is 4.74 Å². The molecule has 1 aliphatic heterocycles. The maximum absolute atomic E-state index is 12.1. The number of benzene rings is 1. The molecule has 0 bridgehead atoms. The van der Waals surface area contributed by atoms with Crippen LogP contribution in [-0.2, 0) is 4.74 Å². The molecule has 0 fully saturated rings. The minimum atomic E-state index is -0.515. The monoisotopic (exact) mass is 296 g/mol. The Labute approximate surface area is 126 Å². The van der Waals surface area contributed by atoms with E-state index in [2.05, 4.69) is 4.98 Å². The molecule has 0 saturated carbocycles. The summed E-state index contributed by atoms with van der Waals surface area (Å²) in [6, 6.07) is 9.69. The zero-order chi connectivity index (χ0) is 15.5. The SMILES string of the molecule is O=C(OCCN1C(=O)c2ccccc2C1=O)c1ccncc1. The predicted molar refractivity (Wildman–Crippen MR) is 76.3 cm³/mol.